The number of hydrogen-bond donors (Lipinski definition) is 1. The minimum atomic E-state index is -0.560. The molecule has 3 rings (SSSR count). The molecule has 26 heavy (non-hydrogen) atoms. The number of morpholine rings is 1. The van der Waals surface area contributed by atoms with Crippen molar-refractivity contribution in [3.05, 3.63) is 65.2 Å². The standard InChI is InChI=1S/C21H24N2O3/c1-15-8-9-18(16(2)12-15)22-20(24)13-19-21(25)26-11-10-23(19)14-17-6-4-3-5-7-17/h3-9,12,19H,10-11,13-14H2,1-2H3,(H,22,24)/t19-/m1/s1. The molecule has 1 atom stereocenters. The van der Waals surface area contributed by atoms with Crippen LogP contribution in [0, 0.1) is 13.8 Å². The van der Waals surface area contributed by atoms with Crippen molar-refractivity contribution in [2.24, 2.45) is 0 Å². The van der Waals surface area contributed by atoms with Gasteiger partial charge in [0.25, 0.3) is 0 Å². The summed E-state index contributed by atoms with van der Waals surface area (Å²) in [5.41, 5.74) is 4.04. The Labute approximate surface area is 154 Å². The predicted molar refractivity (Wildman–Crippen MR) is 101 cm³/mol. The van der Waals surface area contributed by atoms with Gasteiger partial charge < -0.3 is 10.1 Å². The Kier molecular flexibility index (Phi) is 5.68. The SMILES string of the molecule is Cc1ccc(NC(=O)C[C@@H]2C(=O)OCCN2Cc2ccccc2)c(C)c1. The first kappa shape index (κ1) is 18.1. The van der Waals surface area contributed by atoms with Crippen LogP contribution in [0.2, 0.25) is 0 Å². The number of anilines is 1. The molecule has 2 aromatic rings. The highest BCUT2D eigenvalue weighted by molar-refractivity contribution is 5.95. The maximum absolute atomic E-state index is 12.5. The summed E-state index contributed by atoms with van der Waals surface area (Å²) in [7, 11) is 0. The molecule has 0 radical (unpaired) electrons. The van der Waals surface area contributed by atoms with Gasteiger partial charge in [-0.25, -0.2) is 0 Å². The van der Waals surface area contributed by atoms with Crippen LogP contribution < -0.4 is 5.32 Å². The Bertz CT molecular complexity index is 789. The number of benzene rings is 2. The molecule has 5 nitrogen and oxygen atoms in total. The monoisotopic (exact) mass is 352 g/mol. The second-order valence-corrected chi connectivity index (χ2v) is 6.71. The number of carbonyl (C=O) groups is 2. The number of aryl methyl sites for hydroxylation is 2. The summed E-state index contributed by atoms with van der Waals surface area (Å²) in [6.07, 6.45) is 0.0823. The average molecular weight is 352 g/mol. The molecule has 136 valence electrons. The molecule has 1 N–H and O–H groups in total. The van der Waals surface area contributed by atoms with Gasteiger partial charge in [-0.2, -0.15) is 0 Å². The summed E-state index contributed by atoms with van der Waals surface area (Å²) in [6.45, 7) is 5.58. The third-order valence-electron chi connectivity index (χ3n) is 4.60. The molecule has 1 fully saturated rings. The van der Waals surface area contributed by atoms with Crippen molar-refractivity contribution in [1.82, 2.24) is 4.90 Å². The van der Waals surface area contributed by atoms with Gasteiger partial charge in [-0.15, -0.1) is 0 Å². The first-order valence-corrected chi connectivity index (χ1v) is 8.84. The van der Waals surface area contributed by atoms with Crippen LogP contribution in [0.25, 0.3) is 0 Å². The number of nitrogens with one attached hydrogen (secondary N) is 1. The van der Waals surface area contributed by atoms with E-state index < -0.39 is 6.04 Å². The lowest BCUT2D eigenvalue weighted by Crippen LogP contribution is -2.49. The molecule has 2 aromatic carbocycles. The van der Waals surface area contributed by atoms with Crippen molar-refractivity contribution in [3.63, 3.8) is 0 Å². The lowest BCUT2D eigenvalue weighted by molar-refractivity contribution is -0.159. The summed E-state index contributed by atoms with van der Waals surface area (Å²) in [5.74, 6) is -0.512. The lowest BCUT2D eigenvalue weighted by Gasteiger charge is -2.33. The largest absolute Gasteiger partial charge is 0.463 e. The number of ether oxygens (including phenoxy) is 1. The first-order valence-electron chi connectivity index (χ1n) is 8.84. The van der Waals surface area contributed by atoms with Crippen LogP contribution >= 0.6 is 0 Å². The minimum absolute atomic E-state index is 0.0823. The fraction of sp³-hybridized carbons (Fsp3) is 0.333. The Morgan fingerprint density at radius 3 is 2.69 bits per heavy atom. The van der Waals surface area contributed by atoms with Crippen LogP contribution in [0.5, 0.6) is 0 Å². The average Bonchev–Trinajstić information content (AvgIpc) is 2.61. The molecule has 0 spiro atoms. The van der Waals surface area contributed by atoms with Crippen molar-refractivity contribution < 1.29 is 14.3 Å². The number of cyclic esters (lactones) is 1. The molecule has 0 aliphatic carbocycles. The molecule has 1 heterocycles. The highest BCUT2D eigenvalue weighted by Crippen LogP contribution is 2.19. The van der Waals surface area contributed by atoms with Crippen LogP contribution in [0.1, 0.15) is 23.1 Å². The van der Waals surface area contributed by atoms with E-state index in [-0.39, 0.29) is 18.3 Å². The van der Waals surface area contributed by atoms with Gasteiger partial charge in [0, 0.05) is 18.8 Å². The highest BCUT2D eigenvalue weighted by Gasteiger charge is 2.33. The number of hydrogen-bond acceptors (Lipinski definition) is 4. The van der Waals surface area contributed by atoms with Crippen LogP contribution in [-0.2, 0) is 20.9 Å². The zero-order chi connectivity index (χ0) is 18.5. The molecule has 1 aliphatic rings. The molecular weight excluding hydrogens is 328 g/mol. The predicted octanol–water partition coefficient (Wildman–Crippen LogP) is 3.06. The molecule has 0 bridgehead atoms. The van der Waals surface area contributed by atoms with E-state index in [1.54, 1.807) is 0 Å². The second kappa shape index (κ2) is 8.15. The van der Waals surface area contributed by atoms with Crippen LogP contribution in [0.4, 0.5) is 5.69 Å². The van der Waals surface area contributed by atoms with Crippen molar-refractivity contribution in [2.75, 3.05) is 18.5 Å². The van der Waals surface area contributed by atoms with Gasteiger partial charge in [-0.05, 0) is 31.0 Å². The number of rotatable bonds is 5. The van der Waals surface area contributed by atoms with E-state index in [4.69, 9.17) is 4.74 Å². The van der Waals surface area contributed by atoms with Gasteiger partial charge >= 0.3 is 5.97 Å². The molecule has 0 aromatic heterocycles. The van der Waals surface area contributed by atoms with E-state index in [1.807, 2.05) is 67.3 Å². The molecule has 0 saturated carbocycles. The Morgan fingerprint density at radius 1 is 1.19 bits per heavy atom. The smallest absolute Gasteiger partial charge is 0.323 e. The van der Waals surface area contributed by atoms with E-state index in [0.29, 0.717) is 19.7 Å². The molecule has 1 aliphatic heterocycles. The summed E-state index contributed by atoms with van der Waals surface area (Å²) >= 11 is 0. The molecular formula is C21H24N2O3. The summed E-state index contributed by atoms with van der Waals surface area (Å²) in [5, 5.41) is 2.92. The van der Waals surface area contributed by atoms with E-state index in [2.05, 4.69) is 5.32 Å². The fourth-order valence-electron chi connectivity index (χ4n) is 3.21. The zero-order valence-electron chi connectivity index (χ0n) is 15.2. The third kappa shape index (κ3) is 4.49. The van der Waals surface area contributed by atoms with Gasteiger partial charge in [0.05, 0.1) is 6.42 Å². The normalized spacial score (nSPS) is 17.6. The summed E-state index contributed by atoms with van der Waals surface area (Å²) in [4.78, 5) is 26.8. The minimum Gasteiger partial charge on any atom is -0.463 e. The van der Waals surface area contributed by atoms with Crippen molar-refractivity contribution in [2.45, 2.75) is 32.9 Å². The number of amides is 1. The Morgan fingerprint density at radius 2 is 1.96 bits per heavy atom. The maximum Gasteiger partial charge on any atom is 0.323 e. The van der Waals surface area contributed by atoms with Crippen LogP contribution in [-0.4, -0.2) is 36.0 Å². The quantitative estimate of drug-likeness (QED) is 0.840. The zero-order valence-corrected chi connectivity index (χ0v) is 15.2. The van der Waals surface area contributed by atoms with Crippen molar-refractivity contribution in [3.8, 4) is 0 Å². The number of nitrogens with zero attached hydrogens (tertiary/aromatic N) is 1. The molecule has 0 unspecified atom stereocenters. The lowest BCUT2D eigenvalue weighted by atomic mass is 10.1. The van der Waals surface area contributed by atoms with E-state index in [1.165, 1.54) is 0 Å². The maximum atomic E-state index is 12.5. The second-order valence-electron chi connectivity index (χ2n) is 6.71. The summed E-state index contributed by atoms with van der Waals surface area (Å²) in [6, 6.07) is 15.3. The topological polar surface area (TPSA) is 58.6 Å². The van der Waals surface area contributed by atoms with Gasteiger partial charge in [0.15, 0.2) is 0 Å². The van der Waals surface area contributed by atoms with Gasteiger partial charge in [-0.1, -0.05) is 48.0 Å². The highest BCUT2D eigenvalue weighted by atomic mass is 16.5. The third-order valence-corrected chi connectivity index (χ3v) is 4.60. The van der Waals surface area contributed by atoms with E-state index in [0.717, 1.165) is 22.4 Å². The van der Waals surface area contributed by atoms with Crippen LogP contribution in [0.3, 0.4) is 0 Å². The molecule has 1 saturated heterocycles. The van der Waals surface area contributed by atoms with Crippen LogP contribution in [0.15, 0.2) is 48.5 Å². The van der Waals surface area contributed by atoms with Crippen molar-refractivity contribution in [1.29, 1.82) is 0 Å². The molecule has 5 heteroatoms. The first-order chi connectivity index (χ1) is 12.5. The Hall–Kier alpha value is -2.66. The Balaban J connectivity index is 1.68. The number of esters is 1. The van der Waals surface area contributed by atoms with Gasteiger partial charge in [-0.3, -0.25) is 14.5 Å². The van der Waals surface area contributed by atoms with Gasteiger partial charge in [0.1, 0.15) is 12.6 Å². The molecule has 1 amide bonds. The van der Waals surface area contributed by atoms with Gasteiger partial charge in [0.2, 0.25) is 5.91 Å². The summed E-state index contributed by atoms with van der Waals surface area (Å²) < 4.78 is 5.19. The van der Waals surface area contributed by atoms with E-state index in [9.17, 15) is 9.59 Å². The fourth-order valence-corrected chi connectivity index (χ4v) is 3.21. The van der Waals surface area contributed by atoms with E-state index >= 15 is 0 Å². The van der Waals surface area contributed by atoms with Crippen molar-refractivity contribution >= 4 is 17.6 Å². The number of carbonyl (C=O) groups excluding carboxylic acids is 2.